The first-order valence-corrected chi connectivity index (χ1v) is 11.1. The number of ether oxygens (including phenoxy) is 1. The van der Waals surface area contributed by atoms with Crippen molar-refractivity contribution < 1.29 is 27.5 Å². The van der Waals surface area contributed by atoms with E-state index in [-0.39, 0.29) is 31.2 Å². The van der Waals surface area contributed by atoms with Crippen molar-refractivity contribution in [2.45, 2.75) is 31.7 Å². The highest BCUT2D eigenvalue weighted by atomic mass is 32.2. The molecule has 0 aliphatic carbocycles. The van der Waals surface area contributed by atoms with Gasteiger partial charge in [0.1, 0.15) is 5.25 Å². The number of amides is 2. The van der Waals surface area contributed by atoms with Crippen LogP contribution in [-0.2, 0) is 20.5 Å². The number of halogens is 3. The van der Waals surface area contributed by atoms with E-state index in [1.807, 2.05) is 32.0 Å². The third kappa shape index (κ3) is 6.14. The molecule has 1 N–H and O–H groups in total. The quantitative estimate of drug-likeness (QED) is 0.612. The number of hydrogen-bond acceptors (Lipinski definition) is 5. The highest BCUT2D eigenvalue weighted by Gasteiger charge is 2.39. The fourth-order valence-electron chi connectivity index (χ4n) is 3.27. The van der Waals surface area contributed by atoms with Crippen LogP contribution in [0.5, 0.6) is 0 Å². The first-order valence-electron chi connectivity index (χ1n) is 10.2. The maximum absolute atomic E-state index is 13.2. The molecule has 1 fully saturated rings. The summed E-state index contributed by atoms with van der Waals surface area (Å²) in [5.74, 6) is -1.02. The van der Waals surface area contributed by atoms with Crippen LogP contribution in [0.25, 0.3) is 0 Å². The van der Waals surface area contributed by atoms with Gasteiger partial charge in [-0.3, -0.25) is 14.5 Å². The van der Waals surface area contributed by atoms with Gasteiger partial charge in [0.15, 0.2) is 5.17 Å². The Morgan fingerprint density at radius 3 is 2.64 bits per heavy atom. The zero-order valence-corrected chi connectivity index (χ0v) is 19.2. The monoisotopic (exact) mass is 479 g/mol. The Bertz CT molecular complexity index is 1070. The lowest BCUT2D eigenvalue weighted by atomic mass is 10.1. The van der Waals surface area contributed by atoms with Crippen molar-refractivity contribution in [2.75, 3.05) is 25.6 Å². The summed E-state index contributed by atoms with van der Waals surface area (Å²) >= 11 is 1.12. The number of benzene rings is 2. The summed E-state index contributed by atoms with van der Waals surface area (Å²) < 4.78 is 44.7. The van der Waals surface area contributed by atoms with Crippen LogP contribution in [0.1, 0.15) is 23.1 Å². The minimum Gasteiger partial charge on any atom is -0.383 e. The summed E-state index contributed by atoms with van der Waals surface area (Å²) in [4.78, 5) is 31.6. The summed E-state index contributed by atoms with van der Waals surface area (Å²) in [6.07, 6.45) is -4.89. The van der Waals surface area contributed by atoms with E-state index in [4.69, 9.17) is 4.74 Å². The molecule has 0 saturated carbocycles. The number of nitrogens with zero attached hydrogens (tertiary/aromatic N) is 2. The maximum Gasteiger partial charge on any atom is 0.418 e. The fraction of sp³-hybridized carbons (Fsp3) is 0.348. The van der Waals surface area contributed by atoms with Gasteiger partial charge in [0.05, 0.1) is 30.1 Å². The van der Waals surface area contributed by atoms with E-state index in [9.17, 15) is 22.8 Å². The van der Waals surface area contributed by atoms with Gasteiger partial charge in [-0.15, -0.1) is 0 Å². The summed E-state index contributed by atoms with van der Waals surface area (Å²) in [5, 5.41) is 1.92. The van der Waals surface area contributed by atoms with Crippen molar-refractivity contribution in [3.05, 3.63) is 59.2 Å². The van der Waals surface area contributed by atoms with E-state index < -0.39 is 22.9 Å². The minimum absolute atomic E-state index is 0.251. The van der Waals surface area contributed by atoms with Gasteiger partial charge >= 0.3 is 6.18 Å². The number of para-hydroxylation sites is 1. The van der Waals surface area contributed by atoms with Crippen LogP contribution in [0.2, 0.25) is 0 Å². The average molecular weight is 480 g/mol. The Labute approximate surface area is 194 Å². The summed E-state index contributed by atoms with van der Waals surface area (Å²) in [7, 11) is 1.51. The Hall–Kier alpha value is -2.85. The predicted octanol–water partition coefficient (Wildman–Crippen LogP) is 4.93. The summed E-state index contributed by atoms with van der Waals surface area (Å²) in [5.41, 5.74) is 1.36. The molecule has 3 rings (SSSR count). The molecule has 2 amide bonds. The van der Waals surface area contributed by atoms with Crippen molar-refractivity contribution in [3.8, 4) is 0 Å². The lowest BCUT2D eigenvalue weighted by Crippen LogP contribution is -2.35. The molecule has 0 aromatic heterocycles. The molecule has 1 aliphatic heterocycles. The van der Waals surface area contributed by atoms with E-state index in [1.54, 1.807) is 0 Å². The molecule has 1 atom stereocenters. The molecule has 1 saturated heterocycles. The molecular weight excluding hydrogens is 455 g/mol. The van der Waals surface area contributed by atoms with Gasteiger partial charge in [0, 0.05) is 13.5 Å². The molecule has 10 heteroatoms. The third-order valence-corrected chi connectivity index (χ3v) is 6.17. The Balaban J connectivity index is 1.80. The Kier molecular flexibility index (Phi) is 7.80. The number of hydrogen-bond donors (Lipinski definition) is 1. The molecule has 0 bridgehead atoms. The van der Waals surface area contributed by atoms with Crippen molar-refractivity contribution in [1.82, 2.24) is 4.90 Å². The van der Waals surface area contributed by atoms with Crippen LogP contribution in [-0.4, -0.2) is 47.4 Å². The maximum atomic E-state index is 13.2. The van der Waals surface area contributed by atoms with Crippen LogP contribution >= 0.6 is 11.8 Å². The smallest absolute Gasteiger partial charge is 0.383 e. The van der Waals surface area contributed by atoms with Crippen molar-refractivity contribution >= 4 is 40.1 Å². The van der Waals surface area contributed by atoms with Crippen molar-refractivity contribution in [2.24, 2.45) is 4.99 Å². The number of carbonyl (C=O) groups excluding carboxylic acids is 2. The third-order valence-electron chi connectivity index (χ3n) is 5.00. The molecule has 1 unspecified atom stereocenters. The van der Waals surface area contributed by atoms with Gasteiger partial charge in [-0.25, -0.2) is 4.99 Å². The zero-order valence-electron chi connectivity index (χ0n) is 18.4. The predicted molar refractivity (Wildman–Crippen MR) is 123 cm³/mol. The summed E-state index contributed by atoms with van der Waals surface area (Å²) in [6, 6.07) is 10.5. The zero-order chi connectivity index (χ0) is 24.2. The highest BCUT2D eigenvalue weighted by molar-refractivity contribution is 8.15. The molecule has 2 aromatic rings. The van der Waals surface area contributed by atoms with Crippen LogP contribution in [0.4, 0.5) is 24.5 Å². The van der Waals surface area contributed by atoms with Crippen molar-refractivity contribution in [3.63, 3.8) is 0 Å². The second-order valence-corrected chi connectivity index (χ2v) is 8.74. The minimum atomic E-state index is -4.61. The number of methoxy groups -OCH3 is 1. The number of aliphatic imine (C=N–C) groups is 1. The van der Waals surface area contributed by atoms with E-state index in [2.05, 4.69) is 10.3 Å². The molecule has 6 nitrogen and oxygen atoms in total. The van der Waals surface area contributed by atoms with Crippen molar-refractivity contribution in [1.29, 1.82) is 0 Å². The summed E-state index contributed by atoms with van der Waals surface area (Å²) in [6.45, 7) is 4.37. The van der Waals surface area contributed by atoms with E-state index in [0.717, 1.165) is 29.0 Å². The molecule has 33 heavy (non-hydrogen) atoms. The first kappa shape index (κ1) is 24.8. The van der Waals surface area contributed by atoms with Gasteiger partial charge < -0.3 is 10.1 Å². The molecule has 1 aliphatic rings. The highest BCUT2D eigenvalue weighted by Crippen LogP contribution is 2.36. The van der Waals surface area contributed by atoms with Gasteiger partial charge in [-0.05, 0) is 43.2 Å². The van der Waals surface area contributed by atoms with Gasteiger partial charge in [0.2, 0.25) is 11.8 Å². The van der Waals surface area contributed by atoms with Gasteiger partial charge in [-0.2, -0.15) is 13.2 Å². The molecular formula is C23H24F3N3O3S. The molecule has 1 heterocycles. The number of rotatable bonds is 7. The number of anilines is 1. The Morgan fingerprint density at radius 2 is 1.94 bits per heavy atom. The lowest BCUT2D eigenvalue weighted by Gasteiger charge is -2.16. The number of alkyl halides is 3. The Morgan fingerprint density at radius 1 is 1.21 bits per heavy atom. The second kappa shape index (κ2) is 10.4. The van der Waals surface area contributed by atoms with E-state index in [0.29, 0.717) is 10.9 Å². The van der Waals surface area contributed by atoms with E-state index >= 15 is 0 Å². The second-order valence-electron chi connectivity index (χ2n) is 7.57. The van der Waals surface area contributed by atoms with Crippen LogP contribution in [0.3, 0.4) is 0 Å². The largest absolute Gasteiger partial charge is 0.418 e. The lowest BCUT2D eigenvalue weighted by molar-refractivity contribution is -0.137. The topological polar surface area (TPSA) is 71.0 Å². The SMILES string of the molecule is COCCN1C(=O)C(CC(=O)Nc2ccccc2C(F)(F)F)SC1=Nc1cc(C)ccc1C. The van der Waals surface area contributed by atoms with Gasteiger partial charge in [-0.1, -0.05) is 36.0 Å². The average Bonchev–Trinajstić information content (AvgIpc) is 3.02. The molecule has 176 valence electrons. The molecule has 0 radical (unpaired) electrons. The molecule has 0 spiro atoms. The fourth-order valence-corrected chi connectivity index (χ4v) is 4.44. The van der Waals surface area contributed by atoms with Crippen LogP contribution < -0.4 is 5.32 Å². The van der Waals surface area contributed by atoms with Crippen LogP contribution in [0.15, 0.2) is 47.5 Å². The first-order chi connectivity index (χ1) is 15.6. The number of thioether (sulfide) groups is 1. The number of nitrogens with one attached hydrogen (secondary N) is 1. The number of aryl methyl sites for hydroxylation is 2. The van der Waals surface area contributed by atoms with Gasteiger partial charge in [0.25, 0.3) is 0 Å². The molecule has 2 aromatic carbocycles. The normalized spacial score (nSPS) is 17.6. The van der Waals surface area contributed by atoms with E-state index in [1.165, 1.54) is 30.2 Å². The van der Waals surface area contributed by atoms with Crippen LogP contribution in [0, 0.1) is 13.8 Å². The number of carbonyl (C=O) groups is 2. The standard InChI is InChI=1S/C23H24F3N3O3S/c1-14-8-9-15(2)18(12-14)28-22-29(10-11-32-3)21(31)19(33-22)13-20(30)27-17-7-5-4-6-16(17)23(24,25)26/h4-9,12,19H,10-11,13H2,1-3H3,(H,27,30). The number of amidine groups is 1.